The van der Waals surface area contributed by atoms with Crippen LogP contribution in [0.4, 0.5) is 14.0 Å². The van der Waals surface area contributed by atoms with E-state index in [1.54, 1.807) is 41.5 Å². The van der Waals surface area contributed by atoms with E-state index in [4.69, 9.17) is 9.47 Å². The first-order valence-corrected chi connectivity index (χ1v) is 9.13. The van der Waals surface area contributed by atoms with Crippen molar-refractivity contribution in [3.63, 3.8) is 0 Å². The van der Waals surface area contributed by atoms with Gasteiger partial charge in [0.2, 0.25) is 5.83 Å². The predicted octanol–water partition coefficient (Wildman–Crippen LogP) is 4.27. The molecule has 30 heavy (non-hydrogen) atoms. The van der Waals surface area contributed by atoms with Gasteiger partial charge in [-0.05, 0) is 60.5 Å². The summed E-state index contributed by atoms with van der Waals surface area (Å²) in [5, 5.41) is 0. The van der Waals surface area contributed by atoms with Crippen LogP contribution in [-0.4, -0.2) is 53.4 Å². The number of hydrogen-bond acceptors (Lipinski definition) is 8. The molecule has 10 heteroatoms. The van der Waals surface area contributed by atoms with Crippen molar-refractivity contribution in [2.75, 3.05) is 7.11 Å². The van der Waals surface area contributed by atoms with E-state index in [1.165, 1.54) is 0 Å². The summed E-state index contributed by atoms with van der Waals surface area (Å²) in [6.07, 6.45) is -1.13. The maximum absolute atomic E-state index is 13.7. The average molecular weight is 433 g/mol. The van der Waals surface area contributed by atoms with Crippen LogP contribution in [0.25, 0.3) is 0 Å². The van der Waals surface area contributed by atoms with Gasteiger partial charge < -0.3 is 18.9 Å². The zero-order valence-corrected chi connectivity index (χ0v) is 18.4. The standard InChI is InChI=1S/C20H30FNO8.H2/c1-9-28-15(23)13(21)11-10-12-14(16(24)27-8)22(17(25)29-19(2,3)4)18(26)30-20(5,6)7;/h9,11,14H,1,10,12H2,2-8H3;1H/b13-11+;/t14-;/m1./s1. The van der Waals surface area contributed by atoms with Gasteiger partial charge >= 0.3 is 24.1 Å². The van der Waals surface area contributed by atoms with Gasteiger partial charge in [0, 0.05) is 1.43 Å². The molecule has 0 aliphatic carbocycles. The fraction of sp³-hybridized carbons (Fsp3) is 0.600. The van der Waals surface area contributed by atoms with Crippen LogP contribution in [0.3, 0.4) is 0 Å². The van der Waals surface area contributed by atoms with E-state index in [2.05, 4.69) is 16.1 Å². The molecule has 0 heterocycles. The van der Waals surface area contributed by atoms with Crippen LogP contribution in [0.2, 0.25) is 0 Å². The maximum Gasteiger partial charge on any atom is 0.420 e. The van der Waals surface area contributed by atoms with Crippen molar-refractivity contribution >= 4 is 24.1 Å². The Balaban J connectivity index is 0. The molecule has 1 atom stereocenters. The second kappa shape index (κ2) is 11.3. The smallest absolute Gasteiger partial charge is 0.420 e. The molecule has 0 aromatic heterocycles. The van der Waals surface area contributed by atoms with E-state index < -0.39 is 47.2 Å². The Hall–Kier alpha value is -2.91. The number of halogens is 1. The Morgan fingerprint density at radius 2 is 1.50 bits per heavy atom. The monoisotopic (exact) mass is 433 g/mol. The van der Waals surface area contributed by atoms with Crippen LogP contribution in [0.15, 0.2) is 24.7 Å². The SMILES string of the molecule is C=COC(=O)/C(F)=C\CC[C@H](C(=O)OC)N(C(=O)OC(C)(C)C)C(=O)OC(C)(C)C.[HH]. The lowest BCUT2D eigenvalue weighted by Crippen LogP contribution is -2.52. The summed E-state index contributed by atoms with van der Waals surface area (Å²) < 4.78 is 33.1. The van der Waals surface area contributed by atoms with Gasteiger partial charge in [-0.15, -0.1) is 0 Å². The molecule has 0 saturated heterocycles. The van der Waals surface area contributed by atoms with E-state index in [0.29, 0.717) is 4.90 Å². The lowest BCUT2D eigenvalue weighted by molar-refractivity contribution is -0.146. The largest absolute Gasteiger partial charge is 0.467 e. The van der Waals surface area contributed by atoms with Crippen LogP contribution >= 0.6 is 0 Å². The highest BCUT2D eigenvalue weighted by Crippen LogP contribution is 2.20. The molecule has 0 saturated carbocycles. The van der Waals surface area contributed by atoms with E-state index in [1.807, 2.05) is 0 Å². The molecule has 0 aliphatic heterocycles. The second-order valence-electron chi connectivity index (χ2n) is 8.07. The predicted molar refractivity (Wildman–Crippen MR) is 107 cm³/mol. The van der Waals surface area contributed by atoms with Crippen LogP contribution in [-0.2, 0) is 28.5 Å². The number of hydrogen-bond donors (Lipinski definition) is 0. The molecule has 0 aromatic carbocycles. The molecule has 0 fully saturated rings. The Morgan fingerprint density at radius 1 is 1.03 bits per heavy atom. The summed E-state index contributed by atoms with van der Waals surface area (Å²) in [5.41, 5.74) is -1.95. The summed E-state index contributed by atoms with van der Waals surface area (Å²) in [4.78, 5) is 49.4. The van der Waals surface area contributed by atoms with Gasteiger partial charge in [0.05, 0.1) is 13.4 Å². The van der Waals surface area contributed by atoms with Crippen LogP contribution < -0.4 is 0 Å². The molecule has 0 aromatic rings. The zero-order valence-electron chi connectivity index (χ0n) is 18.4. The topological polar surface area (TPSA) is 108 Å². The van der Waals surface area contributed by atoms with Gasteiger partial charge in [-0.1, -0.05) is 6.58 Å². The van der Waals surface area contributed by atoms with E-state index in [-0.39, 0.29) is 14.3 Å². The molecule has 0 aliphatic rings. The number of methoxy groups -OCH3 is 1. The Bertz CT molecular complexity index is 666. The molecular formula is C20H32FNO8. The maximum atomic E-state index is 13.7. The summed E-state index contributed by atoms with van der Waals surface area (Å²) in [6.45, 7) is 12.6. The normalized spacial score (nSPS) is 13.0. The molecule has 172 valence electrons. The number of esters is 2. The van der Waals surface area contributed by atoms with Crippen molar-refractivity contribution in [2.45, 2.75) is 71.6 Å². The minimum atomic E-state index is -1.49. The number of imide groups is 1. The van der Waals surface area contributed by atoms with Crippen LogP contribution in [0.1, 0.15) is 55.8 Å². The summed E-state index contributed by atoms with van der Waals surface area (Å²) in [6, 6.07) is -1.49. The van der Waals surface area contributed by atoms with Crippen LogP contribution in [0, 0.1) is 0 Å². The Kier molecular flexibility index (Phi) is 10.2. The number of carbonyl (C=O) groups excluding carboxylic acids is 4. The number of rotatable bonds is 7. The van der Waals surface area contributed by atoms with Gasteiger partial charge in [-0.2, -0.15) is 9.29 Å². The molecule has 0 bridgehead atoms. The first kappa shape index (κ1) is 27.1. The summed E-state index contributed by atoms with van der Waals surface area (Å²) in [5.74, 6) is -3.44. The molecule has 0 N–H and O–H groups in total. The third-order valence-electron chi connectivity index (χ3n) is 3.11. The highest BCUT2D eigenvalue weighted by molar-refractivity contribution is 5.94. The third-order valence-corrected chi connectivity index (χ3v) is 3.11. The van der Waals surface area contributed by atoms with Gasteiger partial charge in [0.25, 0.3) is 0 Å². The fourth-order valence-electron chi connectivity index (χ4n) is 2.02. The first-order chi connectivity index (χ1) is 13.6. The fourth-order valence-corrected chi connectivity index (χ4v) is 2.02. The van der Waals surface area contributed by atoms with Gasteiger partial charge in [-0.3, -0.25) is 0 Å². The van der Waals surface area contributed by atoms with Crippen molar-refractivity contribution in [1.29, 1.82) is 0 Å². The lowest BCUT2D eigenvalue weighted by atomic mass is 10.1. The lowest BCUT2D eigenvalue weighted by Gasteiger charge is -2.32. The first-order valence-electron chi connectivity index (χ1n) is 9.13. The number of allylic oxidation sites excluding steroid dienone is 1. The number of carbonyl (C=O) groups is 4. The van der Waals surface area contributed by atoms with Gasteiger partial charge in [0.1, 0.15) is 17.2 Å². The highest BCUT2D eigenvalue weighted by Gasteiger charge is 2.40. The van der Waals surface area contributed by atoms with Gasteiger partial charge in [0.15, 0.2) is 0 Å². The highest BCUT2D eigenvalue weighted by atomic mass is 19.1. The second-order valence-corrected chi connectivity index (χ2v) is 8.07. The van der Waals surface area contributed by atoms with E-state index in [9.17, 15) is 23.6 Å². The van der Waals surface area contributed by atoms with Crippen molar-refractivity contribution in [3.05, 3.63) is 24.7 Å². The molecule has 0 spiro atoms. The minimum absolute atomic E-state index is 0. The molecule has 0 rings (SSSR count). The average Bonchev–Trinajstić information content (AvgIpc) is 2.56. The van der Waals surface area contributed by atoms with E-state index in [0.717, 1.165) is 19.4 Å². The van der Waals surface area contributed by atoms with Crippen molar-refractivity contribution in [1.82, 2.24) is 4.90 Å². The third kappa shape index (κ3) is 10.0. The minimum Gasteiger partial charge on any atom is -0.467 e. The molecule has 9 nitrogen and oxygen atoms in total. The Labute approximate surface area is 177 Å². The van der Waals surface area contributed by atoms with Crippen molar-refractivity contribution in [2.24, 2.45) is 0 Å². The van der Waals surface area contributed by atoms with Crippen molar-refractivity contribution < 1.29 is 43.9 Å². The summed E-state index contributed by atoms with van der Waals surface area (Å²) in [7, 11) is 1.07. The summed E-state index contributed by atoms with van der Waals surface area (Å²) >= 11 is 0. The van der Waals surface area contributed by atoms with Crippen molar-refractivity contribution in [3.8, 4) is 0 Å². The Morgan fingerprint density at radius 3 is 1.87 bits per heavy atom. The zero-order chi connectivity index (χ0) is 23.7. The number of ether oxygens (including phenoxy) is 4. The van der Waals surface area contributed by atoms with Gasteiger partial charge in [-0.25, -0.2) is 19.2 Å². The quantitative estimate of drug-likeness (QED) is 0.253. The van der Waals surface area contributed by atoms with E-state index >= 15 is 0 Å². The molecule has 0 unspecified atom stereocenters. The molecular weight excluding hydrogens is 401 g/mol. The van der Waals surface area contributed by atoms with Crippen LogP contribution in [0.5, 0.6) is 0 Å². The number of amides is 2. The molecule has 0 radical (unpaired) electrons. The molecule has 2 amide bonds. The number of nitrogens with zero attached hydrogens (tertiary/aromatic N) is 1.